The number of pyridine rings is 2. The molecular formula is C23H21FN4. The van der Waals surface area contributed by atoms with Gasteiger partial charge in [0.1, 0.15) is 17.3 Å². The van der Waals surface area contributed by atoms with Crippen LogP contribution in [0.15, 0.2) is 73.2 Å². The number of rotatable bonds is 5. The average Bonchev–Trinajstić information content (AvgIpc) is 3.07. The lowest BCUT2D eigenvalue weighted by atomic mass is 10.00. The summed E-state index contributed by atoms with van der Waals surface area (Å²) in [6.45, 7) is 8.21. The number of aromatic amines is 1. The molecule has 0 spiro atoms. The average molecular weight is 372 g/mol. The molecule has 0 aliphatic carbocycles. The van der Waals surface area contributed by atoms with Crippen LogP contribution in [0.5, 0.6) is 0 Å². The van der Waals surface area contributed by atoms with Gasteiger partial charge in [-0.1, -0.05) is 20.4 Å². The number of benzene rings is 1. The van der Waals surface area contributed by atoms with Crippen molar-refractivity contribution in [2.45, 2.75) is 13.8 Å². The highest BCUT2D eigenvalue weighted by Gasteiger charge is 2.16. The van der Waals surface area contributed by atoms with Gasteiger partial charge >= 0.3 is 0 Å². The third kappa shape index (κ3) is 3.39. The Bertz CT molecular complexity index is 1130. The second kappa shape index (κ2) is 7.27. The second-order valence-electron chi connectivity index (χ2n) is 7.02. The number of allylic oxidation sites excluding steroid dienone is 1. The van der Waals surface area contributed by atoms with Crippen molar-refractivity contribution in [2.24, 2.45) is 5.92 Å². The minimum Gasteiger partial charge on any atom is -0.344 e. The summed E-state index contributed by atoms with van der Waals surface area (Å²) < 4.78 is 13.4. The van der Waals surface area contributed by atoms with E-state index in [1.165, 1.54) is 12.1 Å². The van der Waals surface area contributed by atoms with Crippen LogP contribution in [-0.2, 0) is 0 Å². The summed E-state index contributed by atoms with van der Waals surface area (Å²) in [6.07, 6.45) is 3.52. The van der Waals surface area contributed by atoms with Gasteiger partial charge in [0.2, 0.25) is 0 Å². The molecule has 3 heterocycles. The number of hydrogen-bond donors (Lipinski definition) is 2. The first-order valence-electron chi connectivity index (χ1n) is 9.18. The lowest BCUT2D eigenvalue weighted by Gasteiger charge is -2.11. The van der Waals surface area contributed by atoms with Gasteiger partial charge in [-0.3, -0.25) is 4.98 Å². The Morgan fingerprint density at radius 1 is 1.00 bits per heavy atom. The van der Waals surface area contributed by atoms with Gasteiger partial charge in [0.15, 0.2) is 0 Å². The first-order valence-corrected chi connectivity index (χ1v) is 9.18. The summed E-state index contributed by atoms with van der Waals surface area (Å²) >= 11 is 0. The van der Waals surface area contributed by atoms with Gasteiger partial charge in [0, 0.05) is 29.0 Å². The first-order chi connectivity index (χ1) is 13.5. The van der Waals surface area contributed by atoms with Crippen molar-refractivity contribution in [3.8, 4) is 22.4 Å². The van der Waals surface area contributed by atoms with Crippen LogP contribution in [0.2, 0.25) is 0 Å². The molecule has 2 N–H and O–H groups in total. The number of aromatic nitrogens is 3. The maximum Gasteiger partial charge on any atom is 0.140 e. The number of nitrogens with zero attached hydrogens (tertiary/aromatic N) is 2. The standard InChI is InChI=1S/C23H21FN4/c1-14(2)15(3)26-20-9-8-19-21(16-10-12-25-13-11-16)22(28-23(19)27-20)17-4-6-18(24)7-5-17/h4-14H,3H2,1-2H3,(H2,26,27,28). The molecule has 0 aliphatic rings. The monoisotopic (exact) mass is 372 g/mol. The van der Waals surface area contributed by atoms with Crippen LogP contribution in [0.3, 0.4) is 0 Å². The number of hydrogen-bond acceptors (Lipinski definition) is 3. The van der Waals surface area contributed by atoms with Crippen molar-refractivity contribution < 1.29 is 4.39 Å². The third-order valence-electron chi connectivity index (χ3n) is 4.75. The first kappa shape index (κ1) is 17.9. The number of nitrogens with one attached hydrogen (secondary N) is 2. The molecule has 5 heteroatoms. The molecule has 1 aromatic carbocycles. The van der Waals surface area contributed by atoms with Crippen molar-refractivity contribution in [3.63, 3.8) is 0 Å². The van der Waals surface area contributed by atoms with E-state index in [0.29, 0.717) is 5.92 Å². The van der Waals surface area contributed by atoms with Crippen LogP contribution in [0.4, 0.5) is 10.2 Å². The zero-order chi connectivity index (χ0) is 19.7. The Hall–Kier alpha value is -3.47. The zero-order valence-corrected chi connectivity index (χ0v) is 15.8. The zero-order valence-electron chi connectivity index (χ0n) is 15.8. The lowest BCUT2D eigenvalue weighted by Crippen LogP contribution is -2.05. The molecule has 0 unspecified atom stereocenters. The maximum absolute atomic E-state index is 13.4. The fraction of sp³-hybridized carbons (Fsp3) is 0.130. The number of fused-ring (bicyclic) bond motifs is 1. The van der Waals surface area contributed by atoms with Gasteiger partial charge in [-0.15, -0.1) is 0 Å². The van der Waals surface area contributed by atoms with Gasteiger partial charge in [-0.05, 0) is 65.6 Å². The van der Waals surface area contributed by atoms with Gasteiger partial charge in [0.25, 0.3) is 0 Å². The second-order valence-corrected chi connectivity index (χ2v) is 7.02. The van der Waals surface area contributed by atoms with E-state index in [9.17, 15) is 4.39 Å². The summed E-state index contributed by atoms with van der Waals surface area (Å²) in [6, 6.07) is 14.4. The number of anilines is 1. The van der Waals surface area contributed by atoms with Crippen LogP contribution in [-0.4, -0.2) is 15.0 Å². The summed E-state index contributed by atoms with van der Waals surface area (Å²) in [4.78, 5) is 12.3. The number of halogens is 1. The van der Waals surface area contributed by atoms with Crippen LogP contribution < -0.4 is 5.32 Å². The molecule has 0 saturated carbocycles. The molecule has 4 nitrogen and oxygen atoms in total. The SMILES string of the molecule is C=C(Nc1ccc2c(-c3ccncc3)c(-c3ccc(F)cc3)[nH]c2n1)C(C)C. The molecule has 3 aromatic heterocycles. The Kier molecular flexibility index (Phi) is 4.65. The van der Waals surface area contributed by atoms with E-state index in [2.05, 4.69) is 35.7 Å². The molecule has 0 atom stereocenters. The molecule has 4 aromatic rings. The number of H-pyrrole nitrogens is 1. The molecular weight excluding hydrogens is 351 g/mol. The minimum atomic E-state index is -0.262. The Morgan fingerprint density at radius 2 is 1.71 bits per heavy atom. The molecule has 0 radical (unpaired) electrons. The van der Waals surface area contributed by atoms with Crippen molar-refractivity contribution in [2.75, 3.05) is 5.32 Å². The van der Waals surface area contributed by atoms with E-state index in [0.717, 1.165) is 44.9 Å². The van der Waals surface area contributed by atoms with E-state index in [1.54, 1.807) is 24.5 Å². The fourth-order valence-electron chi connectivity index (χ4n) is 3.10. The largest absolute Gasteiger partial charge is 0.344 e. The topological polar surface area (TPSA) is 53.6 Å². The van der Waals surface area contributed by atoms with Crippen LogP contribution >= 0.6 is 0 Å². The Morgan fingerprint density at radius 3 is 2.39 bits per heavy atom. The van der Waals surface area contributed by atoms with Gasteiger partial charge in [-0.2, -0.15) is 0 Å². The summed E-state index contributed by atoms with van der Waals surface area (Å²) in [7, 11) is 0. The summed E-state index contributed by atoms with van der Waals surface area (Å²) in [5.74, 6) is 0.782. The molecule has 0 saturated heterocycles. The smallest absolute Gasteiger partial charge is 0.140 e. The van der Waals surface area contributed by atoms with Crippen LogP contribution in [0.25, 0.3) is 33.4 Å². The summed E-state index contributed by atoms with van der Waals surface area (Å²) in [5, 5.41) is 4.26. The minimum absolute atomic E-state index is 0.262. The Labute approximate surface area is 163 Å². The van der Waals surface area contributed by atoms with Crippen molar-refractivity contribution >= 4 is 16.9 Å². The van der Waals surface area contributed by atoms with E-state index >= 15 is 0 Å². The summed E-state index contributed by atoms with van der Waals surface area (Å²) in [5.41, 5.74) is 5.50. The van der Waals surface area contributed by atoms with Crippen LogP contribution in [0.1, 0.15) is 13.8 Å². The normalized spacial score (nSPS) is 11.1. The van der Waals surface area contributed by atoms with E-state index in [-0.39, 0.29) is 5.82 Å². The lowest BCUT2D eigenvalue weighted by molar-refractivity contribution is 0.628. The van der Waals surface area contributed by atoms with Gasteiger partial charge < -0.3 is 10.3 Å². The van der Waals surface area contributed by atoms with E-state index < -0.39 is 0 Å². The van der Waals surface area contributed by atoms with Crippen molar-refractivity contribution in [1.29, 1.82) is 0 Å². The molecule has 0 bridgehead atoms. The van der Waals surface area contributed by atoms with E-state index in [4.69, 9.17) is 4.98 Å². The third-order valence-corrected chi connectivity index (χ3v) is 4.75. The van der Waals surface area contributed by atoms with Gasteiger partial charge in [0.05, 0.1) is 5.69 Å². The molecule has 0 fully saturated rings. The molecule has 0 aliphatic heterocycles. The molecule has 0 amide bonds. The highest BCUT2D eigenvalue weighted by molar-refractivity contribution is 6.02. The maximum atomic E-state index is 13.4. The van der Waals surface area contributed by atoms with Crippen LogP contribution in [0, 0.1) is 11.7 Å². The Balaban J connectivity index is 1.89. The highest BCUT2D eigenvalue weighted by atomic mass is 19.1. The van der Waals surface area contributed by atoms with E-state index in [1.807, 2.05) is 24.3 Å². The van der Waals surface area contributed by atoms with Crippen molar-refractivity contribution in [3.05, 3.63) is 79.0 Å². The highest BCUT2D eigenvalue weighted by Crippen LogP contribution is 2.38. The predicted octanol–water partition coefficient (Wildman–Crippen LogP) is 6.01. The van der Waals surface area contributed by atoms with Crippen molar-refractivity contribution in [1.82, 2.24) is 15.0 Å². The predicted molar refractivity (Wildman–Crippen MR) is 112 cm³/mol. The molecule has 4 rings (SSSR count). The van der Waals surface area contributed by atoms with Gasteiger partial charge in [-0.25, -0.2) is 9.37 Å². The quantitative estimate of drug-likeness (QED) is 0.451. The molecule has 28 heavy (non-hydrogen) atoms. The molecule has 140 valence electrons. The fourth-order valence-corrected chi connectivity index (χ4v) is 3.10.